The van der Waals surface area contributed by atoms with Gasteiger partial charge in [-0.2, -0.15) is 5.10 Å². The average Bonchev–Trinajstić information content (AvgIpc) is 3.02. The van der Waals surface area contributed by atoms with Gasteiger partial charge in [-0.25, -0.2) is 4.98 Å². The van der Waals surface area contributed by atoms with Crippen molar-refractivity contribution in [1.29, 1.82) is 0 Å². The van der Waals surface area contributed by atoms with Crippen molar-refractivity contribution in [2.45, 2.75) is 27.3 Å². The quantitative estimate of drug-likeness (QED) is 0.763. The van der Waals surface area contributed by atoms with E-state index in [-0.39, 0.29) is 0 Å². The Hall–Kier alpha value is -2.14. The minimum absolute atomic E-state index is 0.730. The highest BCUT2D eigenvalue weighted by atomic mass is 32.1. The Morgan fingerprint density at radius 2 is 2.00 bits per heavy atom. The van der Waals surface area contributed by atoms with Crippen LogP contribution < -0.4 is 5.32 Å². The van der Waals surface area contributed by atoms with E-state index in [1.807, 2.05) is 36.5 Å². The van der Waals surface area contributed by atoms with Crippen LogP contribution in [-0.4, -0.2) is 15.2 Å². The smallest absolute Gasteiger partial charge is 0.183 e. The Morgan fingerprint density at radius 1 is 1.19 bits per heavy atom. The molecule has 0 spiro atoms. The standard InChI is InChI=1S/C16H18N4S/c1-10-8-13(11(2)21-10)9-17-15-7-5-4-6-14(15)16-18-12(3)19-20-16/h4-8,17H,9H2,1-3H3,(H,18,19,20). The Labute approximate surface area is 128 Å². The second-order valence-electron chi connectivity index (χ2n) is 5.08. The van der Waals surface area contributed by atoms with Crippen molar-refractivity contribution >= 4 is 17.0 Å². The van der Waals surface area contributed by atoms with E-state index in [1.165, 1.54) is 15.3 Å². The molecule has 0 aliphatic carbocycles. The first-order valence-electron chi connectivity index (χ1n) is 6.91. The highest BCUT2D eigenvalue weighted by Gasteiger charge is 2.10. The summed E-state index contributed by atoms with van der Waals surface area (Å²) in [6.07, 6.45) is 0. The van der Waals surface area contributed by atoms with E-state index in [0.717, 1.165) is 29.4 Å². The molecule has 0 aliphatic heterocycles. The second kappa shape index (κ2) is 5.69. The van der Waals surface area contributed by atoms with Gasteiger partial charge in [0, 0.05) is 27.5 Å². The third kappa shape index (κ3) is 2.97. The van der Waals surface area contributed by atoms with E-state index in [2.05, 4.69) is 46.5 Å². The molecule has 0 saturated carbocycles. The fraction of sp³-hybridized carbons (Fsp3) is 0.250. The summed E-state index contributed by atoms with van der Waals surface area (Å²) in [7, 11) is 0. The molecule has 5 heteroatoms. The summed E-state index contributed by atoms with van der Waals surface area (Å²) in [5.41, 5.74) is 3.42. The first-order valence-corrected chi connectivity index (χ1v) is 7.73. The molecule has 3 rings (SSSR count). The van der Waals surface area contributed by atoms with Gasteiger partial charge in [0.15, 0.2) is 5.82 Å². The van der Waals surface area contributed by atoms with Gasteiger partial charge in [0.25, 0.3) is 0 Å². The maximum absolute atomic E-state index is 4.41. The third-order valence-electron chi connectivity index (χ3n) is 3.38. The number of benzene rings is 1. The van der Waals surface area contributed by atoms with Crippen LogP contribution in [0.4, 0.5) is 5.69 Å². The number of H-pyrrole nitrogens is 1. The molecule has 2 N–H and O–H groups in total. The van der Waals surface area contributed by atoms with Gasteiger partial charge in [0.2, 0.25) is 0 Å². The first kappa shape index (κ1) is 13.8. The topological polar surface area (TPSA) is 53.6 Å². The summed E-state index contributed by atoms with van der Waals surface area (Å²) in [6, 6.07) is 10.4. The van der Waals surface area contributed by atoms with Crippen LogP contribution in [0.15, 0.2) is 30.3 Å². The molecule has 0 fully saturated rings. The van der Waals surface area contributed by atoms with Crippen molar-refractivity contribution in [2.75, 3.05) is 5.32 Å². The van der Waals surface area contributed by atoms with Gasteiger partial charge in [-0.1, -0.05) is 12.1 Å². The number of nitrogens with one attached hydrogen (secondary N) is 2. The van der Waals surface area contributed by atoms with Crippen molar-refractivity contribution in [3.05, 3.63) is 51.5 Å². The average molecular weight is 298 g/mol. The number of aromatic nitrogens is 3. The molecule has 4 nitrogen and oxygen atoms in total. The van der Waals surface area contributed by atoms with Crippen molar-refractivity contribution in [2.24, 2.45) is 0 Å². The van der Waals surface area contributed by atoms with Gasteiger partial charge in [-0.15, -0.1) is 11.3 Å². The van der Waals surface area contributed by atoms with Crippen molar-refractivity contribution in [3.63, 3.8) is 0 Å². The van der Waals surface area contributed by atoms with E-state index in [0.29, 0.717) is 0 Å². The lowest BCUT2D eigenvalue weighted by atomic mass is 10.1. The van der Waals surface area contributed by atoms with Crippen LogP contribution >= 0.6 is 11.3 Å². The van der Waals surface area contributed by atoms with E-state index in [9.17, 15) is 0 Å². The number of para-hydroxylation sites is 1. The van der Waals surface area contributed by atoms with Crippen LogP contribution in [0.2, 0.25) is 0 Å². The summed E-state index contributed by atoms with van der Waals surface area (Å²) >= 11 is 1.84. The molecule has 0 unspecified atom stereocenters. The molecular formula is C16H18N4S. The fourth-order valence-electron chi connectivity index (χ4n) is 2.34. The van der Waals surface area contributed by atoms with Crippen LogP contribution in [0.1, 0.15) is 21.1 Å². The third-order valence-corrected chi connectivity index (χ3v) is 4.39. The Kier molecular flexibility index (Phi) is 3.75. The van der Waals surface area contributed by atoms with Crippen LogP contribution in [0.3, 0.4) is 0 Å². The van der Waals surface area contributed by atoms with Crippen LogP contribution in [0.5, 0.6) is 0 Å². The highest BCUT2D eigenvalue weighted by Crippen LogP contribution is 2.27. The molecule has 0 atom stereocenters. The van der Waals surface area contributed by atoms with Crippen molar-refractivity contribution < 1.29 is 0 Å². The molecular weight excluding hydrogens is 280 g/mol. The van der Waals surface area contributed by atoms with Crippen molar-refractivity contribution in [1.82, 2.24) is 15.2 Å². The largest absolute Gasteiger partial charge is 0.380 e. The molecule has 2 heterocycles. The van der Waals surface area contributed by atoms with Crippen LogP contribution in [-0.2, 0) is 6.54 Å². The Bertz CT molecular complexity index is 757. The number of rotatable bonds is 4. The maximum atomic E-state index is 4.41. The fourth-order valence-corrected chi connectivity index (χ4v) is 3.29. The molecule has 1 aromatic carbocycles. The number of nitrogens with zero attached hydrogens (tertiary/aromatic N) is 2. The minimum Gasteiger partial charge on any atom is -0.380 e. The summed E-state index contributed by atoms with van der Waals surface area (Å²) in [5.74, 6) is 1.55. The zero-order chi connectivity index (χ0) is 14.8. The van der Waals surface area contributed by atoms with E-state index < -0.39 is 0 Å². The normalized spacial score (nSPS) is 10.8. The molecule has 0 radical (unpaired) electrons. The second-order valence-corrected chi connectivity index (χ2v) is 6.54. The number of hydrogen-bond donors (Lipinski definition) is 2. The van der Waals surface area contributed by atoms with E-state index in [4.69, 9.17) is 0 Å². The Balaban J connectivity index is 1.84. The molecule has 21 heavy (non-hydrogen) atoms. The van der Waals surface area contributed by atoms with E-state index >= 15 is 0 Å². The van der Waals surface area contributed by atoms with Gasteiger partial charge >= 0.3 is 0 Å². The minimum atomic E-state index is 0.730. The summed E-state index contributed by atoms with van der Waals surface area (Å²) in [5, 5.41) is 10.6. The number of hydrogen-bond acceptors (Lipinski definition) is 4. The molecule has 108 valence electrons. The summed E-state index contributed by atoms with van der Waals surface area (Å²) in [4.78, 5) is 7.13. The van der Waals surface area contributed by atoms with Gasteiger partial charge in [0.05, 0.1) is 0 Å². The monoisotopic (exact) mass is 298 g/mol. The van der Waals surface area contributed by atoms with Crippen molar-refractivity contribution in [3.8, 4) is 11.4 Å². The van der Waals surface area contributed by atoms with Gasteiger partial charge in [0.1, 0.15) is 5.82 Å². The lowest BCUT2D eigenvalue weighted by molar-refractivity contribution is 1.04. The predicted octanol–water partition coefficient (Wildman–Crippen LogP) is 4.07. The summed E-state index contributed by atoms with van der Waals surface area (Å²) in [6.45, 7) is 7.03. The van der Waals surface area contributed by atoms with Gasteiger partial charge < -0.3 is 5.32 Å². The van der Waals surface area contributed by atoms with Crippen LogP contribution in [0.25, 0.3) is 11.4 Å². The number of thiophene rings is 1. The van der Waals surface area contributed by atoms with Gasteiger partial charge in [-0.3, -0.25) is 5.10 Å². The predicted molar refractivity (Wildman–Crippen MR) is 87.7 cm³/mol. The Morgan fingerprint density at radius 3 is 2.67 bits per heavy atom. The zero-order valence-electron chi connectivity index (χ0n) is 12.4. The number of aromatic amines is 1. The van der Waals surface area contributed by atoms with E-state index in [1.54, 1.807) is 0 Å². The lowest BCUT2D eigenvalue weighted by Crippen LogP contribution is -2.01. The van der Waals surface area contributed by atoms with Crippen LogP contribution in [0, 0.1) is 20.8 Å². The molecule has 3 aromatic rings. The highest BCUT2D eigenvalue weighted by molar-refractivity contribution is 7.12. The van der Waals surface area contributed by atoms with Gasteiger partial charge in [-0.05, 0) is 44.5 Å². The molecule has 0 saturated heterocycles. The number of anilines is 1. The molecule has 0 bridgehead atoms. The SMILES string of the molecule is Cc1nc(-c2ccccc2NCc2cc(C)sc2C)n[nH]1. The first-order chi connectivity index (χ1) is 10.1. The molecule has 2 aromatic heterocycles. The molecule has 0 aliphatic rings. The maximum Gasteiger partial charge on any atom is 0.183 e. The lowest BCUT2D eigenvalue weighted by Gasteiger charge is -2.09. The summed E-state index contributed by atoms with van der Waals surface area (Å²) < 4.78 is 0. The molecule has 0 amide bonds. The zero-order valence-corrected chi connectivity index (χ0v) is 13.2. The number of aryl methyl sites for hydroxylation is 3.